The van der Waals surface area contributed by atoms with Gasteiger partial charge in [-0.2, -0.15) is 5.10 Å². The van der Waals surface area contributed by atoms with E-state index in [0.29, 0.717) is 23.8 Å². The molecule has 3 rings (SSSR count). The second-order valence-corrected chi connectivity index (χ2v) is 8.21. The van der Waals surface area contributed by atoms with Gasteiger partial charge in [0.1, 0.15) is 5.00 Å². The average molecular weight is 407 g/mol. The van der Waals surface area contributed by atoms with Gasteiger partial charge in [-0.05, 0) is 63.4 Å². The normalized spacial score (nSPS) is 13.6. The monoisotopic (exact) mass is 406 g/mol. The highest BCUT2D eigenvalue weighted by Crippen LogP contribution is 2.38. The predicted octanol–water partition coefficient (Wildman–Crippen LogP) is 3.72. The van der Waals surface area contributed by atoms with Crippen LogP contribution in [0.2, 0.25) is 0 Å². The lowest BCUT2D eigenvalue weighted by Crippen LogP contribution is -2.28. The van der Waals surface area contributed by atoms with Crippen LogP contribution in [0.3, 0.4) is 0 Å². The molecule has 146 valence electrons. The van der Waals surface area contributed by atoms with Crippen molar-refractivity contribution in [3.8, 4) is 0 Å². The average Bonchev–Trinajstić information content (AvgIpc) is 3.03. The second kappa shape index (κ2) is 8.84. The van der Waals surface area contributed by atoms with Crippen LogP contribution in [-0.4, -0.2) is 27.5 Å². The van der Waals surface area contributed by atoms with Crippen LogP contribution in [0, 0.1) is 6.92 Å². The zero-order valence-electron chi connectivity index (χ0n) is 16.1. The van der Waals surface area contributed by atoms with Crippen molar-refractivity contribution in [2.75, 3.05) is 11.9 Å². The van der Waals surface area contributed by atoms with Crippen LogP contribution in [0.5, 0.6) is 0 Å². The van der Waals surface area contributed by atoms with Gasteiger partial charge < -0.3 is 15.4 Å². The molecular weight excluding hydrogens is 380 g/mol. The summed E-state index contributed by atoms with van der Waals surface area (Å²) in [5.41, 5.74) is 3.82. The Hall–Kier alpha value is -1.93. The molecule has 0 amide bonds. The molecule has 0 saturated carbocycles. The number of fused-ring (bicyclic) bond motifs is 1. The third-order valence-electron chi connectivity index (χ3n) is 4.72. The fraction of sp³-hybridized carbons (Fsp3) is 0.526. The van der Waals surface area contributed by atoms with Crippen molar-refractivity contribution >= 4 is 39.6 Å². The molecule has 0 aliphatic heterocycles. The van der Waals surface area contributed by atoms with Crippen molar-refractivity contribution in [3.05, 3.63) is 33.5 Å². The van der Waals surface area contributed by atoms with Crippen molar-refractivity contribution in [2.45, 2.75) is 52.5 Å². The maximum atomic E-state index is 12.6. The summed E-state index contributed by atoms with van der Waals surface area (Å²) in [6, 6.07) is 2.02. The summed E-state index contributed by atoms with van der Waals surface area (Å²) in [7, 11) is 1.92. The van der Waals surface area contributed by atoms with Gasteiger partial charge in [0.2, 0.25) is 0 Å². The maximum Gasteiger partial charge on any atom is 0.341 e. The first-order valence-corrected chi connectivity index (χ1v) is 10.6. The first-order chi connectivity index (χ1) is 13.0. The van der Waals surface area contributed by atoms with Gasteiger partial charge in [-0.15, -0.1) is 11.3 Å². The molecule has 6 nitrogen and oxygen atoms in total. The Morgan fingerprint density at radius 3 is 2.85 bits per heavy atom. The molecule has 0 atom stereocenters. The Bertz CT molecular complexity index is 822. The van der Waals surface area contributed by atoms with Crippen LogP contribution >= 0.6 is 23.6 Å². The van der Waals surface area contributed by atoms with Gasteiger partial charge >= 0.3 is 5.97 Å². The fourth-order valence-corrected chi connectivity index (χ4v) is 4.81. The van der Waals surface area contributed by atoms with E-state index in [9.17, 15) is 4.79 Å². The SMILES string of the molecule is CCOC(=O)c1c(NC(=S)NCc2cc(C)n(C)n2)sc2c1CCCCC2. The molecule has 2 aromatic heterocycles. The zero-order chi connectivity index (χ0) is 19.4. The van der Waals surface area contributed by atoms with E-state index in [1.807, 2.05) is 31.6 Å². The zero-order valence-corrected chi connectivity index (χ0v) is 17.7. The number of esters is 1. The van der Waals surface area contributed by atoms with Gasteiger partial charge in [0.25, 0.3) is 0 Å². The van der Waals surface area contributed by atoms with Gasteiger partial charge in [0.15, 0.2) is 5.11 Å². The van der Waals surface area contributed by atoms with Crippen molar-refractivity contribution in [3.63, 3.8) is 0 Å². The predicted molar refractivity (Wildman–Crippen MR) is 113 cm³/mol. The minimum atomic E-state index is -0.262. The van der Waals surface area contributed by atoms with Gasteiger partial charge in [0, 0.05) is 17.6 Å². The number of hydrogen-bond acceptors (Lipinski definition) is 5. The Labute approximate surface area is 169 Å². The number of rotatable bonds is 5. The summed E-state index contributed by atoms with van der Waals surface area (Å²) < 4.78 is 7.15. The molecule has 0 aromatic carbocycles. The molecule has 1 aliphatic carbocycles. The van der Waals surface area contributed by atoms with E-state index in [4.69, 9.17) is 17.0 Å². The first kappa shape index (κ1) is 19.8. The van der Waals surface area contributed by atoms with Crippen molar-refractivity contribution in [1.82, 2.24) is 15.1 Å². The largest absolute Gasteiger partial charge is 0.462 e. The topological polar surface area (TPSA) is 68.2 Å². The summed E-state index contributed by atoms with van der Waals surface area (Å²) in [4.78, 5) is 13.9. The van der Waals surface area contributed by atoms with E-state index in [0.717, 1.165) is 47.6 Å². The van der Waals surface area contributed by atoms with Gasteiger partial charge in [-0.3, -0.25) is 4.68 Å². The smallest absolute Gasteiger partial charge is 0.341 e. The summed E-state index contributed by atoms with van der Waals surface area (Å²) in [6.45, 7) is 4.74. The van der Waals surface area contributed by atoms with Crippen LogP contribution in [0.25, 0.3) is 0 Å². The van der Waals surface area contributed by atoms with Crippen LogP contribution in [0.4, 0.5) is 5.00 Å². The minimum absolute atomic E-state index is 0.262. The standard InChI is InChI=1S/C19H26N4O2S2/c1-4-25-18(24)16-14-8-6-5-7-9-15(14)27-17(16)21-19(26)20-11-13-10-12(2)23(3)22-13/h10H,4-9,11H2,1-3H3,(H2,20,21,26). The summed E-state index contributed by atoms with van der Waals surface area (Å²) >= 11 is 7.08. The molecular formula is C19H26N4O2S2. The van der Waals surface area contributed by atoms with E-state index in [2.05, 4.69) is 15.7 Å². The summed E-state index contributed by atoms with van der Waals surface area (Å²) in [6.07, 6.45) is 5.42. The third-order valence-corrected chi connectivity index (χ3v) is 6.18. The lowest BCUT2D eigenvalue weighted by Gasteiger charge is -2.11. The molecule has 1 aliphatic rings. The van der Waals surface area contributed by atoms with E-state index < -0.39 is 0 Å². The minimum Gasteiger partial charge on any atom is -0.462 e. The van der Waals surface area contributed by atoms with Gasteiger partial charge in [-0.25, -0.2) is 4.79 Å². The van der Waals surface area contributed by atoms with E-state index in [-0.39, 0.29) is 5.97 Å². The lowest BCUT2D eigenvalue weighted by molar-refractivity contribution is 0.0527. The van der Waals surface area contributed by atoms with Crippen molar-refractivity contribution in [2.24, 2.45) is 7.05 Å². The molecule has 2 heterocycles. The maximum absolute atomic E-state index is 12.6. The van der Waals surface area contributed by atoms with Gasteiger partial charge in [-0.1, -0.05) is 6.42 Å². The molecule has 0 saturated heterocycles. The molecule has 27 heavy (non-hydrogen) atoms. The van der Waals surface area contributed by atoms with Crippen LogP contribution in [0.1, 0.15) is 58.4 Å². The highest BCUT2D eigenvalue weighted by Gasteiger charge is 2.26. The Morgan fingerprint density at radius 1 is 1.37 bits per heavy atom. The first-order valence-electron chi connectivity index (χ1n) is 9.35. The third kappa shape index (κ3) is 4.68. The summed E-state index contributed by atoms with van der Waals surface area (Å²) in [5, 5.41) is 12.1. The number of thiophene rings is 1. The number of aromatic nitrogens is 2. The Morgan fingerprint density at radius 2 is 2.15 bits per heavy atom. The Kier molecular flexibility index (Phi) is 6.49. The highest BCUT2D eigenvalue weighted by molar-refractivity contribution is 7.80. The van der Waals surface area contributed by atoms with Crippen LogP contribution in [-0.2, 0) is 31.2 Å². The number of carbonyl (C=O) groups excluding carboxylic acids is 1. The van der Waals surface area contributed by atoms with Crippen LogP contribution in [0.15, 0.2) is 6.07 Å². The molecule has 0 spiro atoms. The van der Waals surface area contributed by atoms with Crippen molar-refractivity contribution < 1.29 is 9.53 Å². The van der Waals surface area contributed by atoms with Crippen LogP contribution < -0.4 is 10.6 Å². The lowest BCUT2D eigenvalue weighted by atomic mass is 10.1. The molecule has 2 N–H and O–H groups in total. The van der Waals surface area contributed by atoms with Crippen molar-refractivity contribution in [1.29, 1.82) is 0 Å². The molecule has 8 heteroatoms. The number of ether oxygens (including phenoxy) is 1. The number of anilines is 1. The molecule has 2 aromatic rings. The molecule has 0 unspecified atom stereocenters. The molecule has 0 fully saturated rings. The Balaban J connectivity index is 1.74. The number of nitrogens with one attached hydrogen (secondary N) is 2. The van der Waals surface area contributed by atoms with Gasteiger partial charge in [0.05, 0.1) is 24.4 Å². The summed E-state index contributed by atoms with van der Waals surface area (Å²) in [5.74, 6) is -0.262. The quantitative estimate of drug-likeness (QED) is 0.448. The number of nitrogens with zero attached hydrogens (tertiary/aromatic N) is 2. The molecule has 0 bridgehead atoms. The van der Waals surface area contributed by atoms with E-state index >= 15 is 0 Å². The van der Waals surface area contributed by atoms with E-state index in [1.54, 1.807) is 11.3 Å². The number of aryl methyl sites for hydroxylation is 3. The number of thiocarbonyl (C=S) groups is 1. The molecule has 0 radical (unpaired) electrons. The number of carbonyl (C=O) groups is 1. The fourth-order valence-electron chi connectivity index (χ4n) is 3.29. The van der Waals surface area contributed by atoms with E-state index in [1.165, 1.54) is 11.3 Å². The number of hydrogen-bond donors (Lipinski definition) is 2. The highest BCUT2D eigenvalue weighted by atomic mass is 32.1. The second-order valence-electron chi connectivity index (χ2n) is 6.70.